The Morgan fingerprint density at radius 2 is 1.83 bits per heavy atom. The van der Waals surface area contributed by atoms with Crippen LogP contribution < -0.4 is 5.32 Å². The van der Waals surface area contributed by atoms with Crippen LogP contribution in [-0.2, 0) is 4.74 Å². The van der Waals surface area contributed by atoms with Crippen LogP contribution in [0.2, 0.25) is 0 Å². The Kier molecular flexibility index (Phi) is 4.87. The van der Waals surface area contributed by atoms with Gasteiger partial charge in [0.05, 0.1) is 4.92 Å². The number of carbonyl (C=O) groups is 1. The van der Waals surface area contributed by atoms with Gasteiger partial charge in [0.2, 0.25) is 0 Å². The molecule has 2 rings (SSSR count). The van der Waals surface area contributed by atoms with E-state index in [1.807, 2.05) is 31.2 Å². The van der Waals surface area contributed by atoms with Gasteiger partial charge < -0.3 is 4.74 Å². The fourth-order valence-electron chi connectivity index (χ4n) is 2.27. The van der Waals surface area contributed by atoms with Gasteiger partial charge in [-0.3, -0.25) is 15.4 Å². The lowest BCUT2D eigenvalue weighted by molar-refractivity contribution is -0.383. The van der Waals surface area contributed by atoms with Crippen LogP contribution in [0.25, 0.3) is 11.1 Å². The summed E-state index contributed by atoms with van der Waals surface area (Å²) in [4.78, 5) is 22.7. The quantitative estimate of drug-likeness (QED) is 0.640. The first-order valence-corrected chi connectivity index (χ1v) is 7.52. The van der Waals surface area contributed by atoms with Crippen LogP contribution in [0, 0.1) is 17.0 Å². The van der Waals surface area contributed by atoms with Gasteiger partial charge in [-0.15, -0.1) is 0 Å². The molecule has 0 atom stereocenters. The molecule has 0 saturated carbocycles. The molecule has 2 aromatic carbocycles. The van der Waals surface area contributed by atoms with Gasteiger partial charge in [-0.1, -0.05) is 30.3 Å². The summed E-state index contributed by atoms with van der Waals surface area (Å²) < 4.78 is 5.14. The molecule has 0 bridgehead atoms. The molecule has 1 amide bonds. The van der Waals surface area contributed by atoms with E-state index in [1.165, 1.54) is 12.1 Å². The van der Waals surface area contributed by atoms with Gasteiger partial charge in [-0.05, 0) is 50.5 Å². The zero-order chi connectivity index (χ0) is 17.9. The Balaban J connectivity index is 2.36. The predicted molar refractivity (Wildman–Crippen MR) is 93.1 cm³/mol. The van der Waals surface area contributed by atoms with E-state index in [2.05, 4.69) is 5.32 Å². The number of amides is 1. The van der Waals surface area contributed by atoms with Crippen molar-refractivity contribution in [3.05, 3.63) is 58.1 Å². The summed E-state index contributed by atoms with van der Waals surface area (Å²) in [5, 5.41) is 13.8. The normalized spacial score (nSPS) is 11.0. The van der Waals surface area contributed by atoms with Gasteiger partial charge in [0, 0.05) is 6.07 Å². The summed E-state index contributed by atoms with van der Waals surface area (Å²) in [5.41, 5.74) is 1.88. The first-order chi connectivity index (χ1) is 11.2. The third-order valence-corrected chi connectivity index (χ3v) is 3.29. The summed E-state index contributed by atoms with van der Waals surface area (Å²) in [7, 11) is 0. The monoisotopic (exact) mass is 328 g/mol. The Bertz CT molecular complexity index is 779. The Morgan fingerprint density at radius 1 is 1.17 bits per heavy atom. The van der Waals surface area contributed by atoms with Gasteiger partial charge in [-0.2, -0.15) is 0 Å². The van der Waals surface area contributed by atoms with E-state index in [0.717, 1.165) is 16.7 Å². The van der Waals surface area contributed by atoms with Crippen molar-refractivity contribution in [3.8, 4) is 11.1 Å². The smallest absolute Gasteiger partial charge is 0.412 e. The maximum atomic E-state index is 11.9. The van der Waals surface area contributed by atoms with Gasteiger partial charge in [-0.25, -0.2) is 4.79 Å². The second kappa shape index (κ2) is 6.70. The SMILES string of the molecule is Cc1ccccc1-c1ccc(NC(=O)OC(C)(C)C)c([N+](=O)[O-])c1. The van der Waals surface area contributed by atoms with E-state index >= 15 is 0 Å². The average molecular weight is 328 g/mol. The van der Waals surface area contributed by atoms with Crippen molar-refractivity contribution in [2.75, 3.05) is 5.32 Å². The summed E-state index contributed by atoms with van der Waals surface area (Å²) in [6, 6.07) is 12.3. The molecule has 0 radical (unpaired) electrons. The first-order valence-electron chi connectivity index (χ1n) is 7.52. The summed E-state index contributed by atoms with van der Waals surface area (Å²) in [6.45, 7) is 7.11. The predicted octanol–water partition coefficient (Wildman–Crippen LogP) is 4.92. The van der Waals surface area contributed by atoms with Crippen molar-refractivity contribution < 1.29 is 14.5 Å². The standard InChI is InChI=1S/C18H20N2O4/c1-12-7-5-6-8-14(12)13-9-10-15(16(11-13)20(22)23)19-17(21)24-18(2,3)4/h5-11H,1-4H3,(H,19,21). The molecule has 2 aromatic rings. The van der Waals surface area contributed by atoms with Crippen molar-refractivity contribution in [2.24, 2.45) is 0 Å². The highest BCUT2D eigenvalue weighted by atomic mass is 16.6. The third kappa shape index (κ3) is 4.32. The highest BCUT2D eigenvalue weighted by Crippen LogP contribution is 2.32. The lowest BCUT2D eigenvalue weighted by atomic mass is 10.00. The van der Waals surface area contributed by atoms with Crippen LogP contribution in [0.15, 0.2) is 42.5 Å². The topological polar surface area (TPSA) is 81.5 Å². The fourth-order valence-corrected chi connectivity index (χ4v) is 2.27. The van der Waals surface area contributed by atoms with E-state index in [9.17, 15) is 14.9 Å². The largest absolute Gasteiger partial charge is 0.444 e. The second-order valence-corrected chi connectivity index (χ2v) is 6.43. The van der Waals surface area contributed by atoms with Gasteiger partial charge in [0.15, 0.2) is 0 Å². The van der Waals surface area contributed by atoms with Crippen molar-refractivity contribution in [2.45, 2.75) is 33.3 Å². The number of anilines is 1. The molecule has 0 spiro atoms. The maximum Gasteiger partial charge on any atom is 0.412 e. The number of benzene rings is 2. The molecule has 0 aliphatic carbocycles. The number of nitrogens with zero attached hydrogens (tertiary/aromatic N) is 1. The van der Waals surface area contributed by atoms with E-state index in [-0.39, 0.29) is 11.4 Å². The lowest BCUT2D eigenvalue weighted by Crippen LogP contribution is -2.27. The number of nitro groups is 1. The number of rotatable bonds is 3. The van der Waals surface area contributed by atoms with E-state index in [4.69, 9.17) is 4.74 Å². The lowest BCUT2D eigenvalue weighted by Gasteiger charge is -2.19. The molecule has 1 N–H and O–H groups in total. The van der Waals surface area contributed by atoms with E-state index in [0.29, 0.717) is 0 Å². The highest BCUT2D eigenvalue weighted by molar-refractivity contribution is 5.89. The molecule has 0 fully saturated rings. The zero-order valence-corrected chi connectivity index (χ0v) is 14.1. The fraction of sp³-hybridized carbons (Fsp3) is 0.278. The van der Waals surface area contributed by atoms with Crippen LogP contribution in [0.1, 0.15) is 26.3 Å². The van der Waals surface area contributed by atoms with Crippen LogP contribution in [-0.4, -0.2) is 16.6 Å². The van der Waals surface area contributed by atoms with Crippen LogP contribution >= 0.6 is 0 Å². The summed E-state index contributed by atoms with van der Waals surface area (Å²) >= 11 is 0. The highest BCUT2D eigenvalue weighted by Gasteiger charge is 2.21. The first kappa shape index (κ1) is 17.5. The molecule has 6 nitrogen and oxygen atoms in total. The number of hydrogen-bond donors (Lipinski definition) is 1. The molecule has 6 heteroatoms. The van der Waals surface area contributed by atoms with Crippen molar-refractivity contribution in [1.82, 2.24) is 0 Å². The number of ether oxygens (including phenoxy) is 1. The molecule has 126 valence electrons. The second-order valence-electron chi connectivity index (χ2n) is 6.43. The van der Waals surface area contributed by atoms with Crippen LogP contribution in [0.4, 0.5) is 16.2 Å². The van der Waals surface area contributed by atoms with Crippen molar-refractivity contribution in [1.29, 1.82) is 0 Å². The van der Waals surface area contributed by atoms with Crippen molar-refractivity contribution in [3.63, 3.8) is 0 Å². The third-order valence-electron chi connectivity index (χ3n) is 3.29. The van der Waals surface area contributed by atoms with Crippen LogP contribution in [0.5, 0.6) is 0 Å². The molecule has 0 aliphatic rings. The molecular weight excluding hydrogens is 308 g/mol. The Labute approximate surface area is 140 Å². The van der Waals surface area contributed by atoms with Gasteiger partial charge in [0.25, 0.3) is 5.69 Å². The Morgan fingerprint density at radius 3 is 2.42 bits per heavy atom. The number of hydrogen-bond acceptors (Lipinski definition) is 4. The van der Waals surface area contributed by atoms with E-state index < -0.39 is 16.6 Å². The molecule has 0 heterocycles. The molecule has 0 aromatic heterocycles. The van der Waals surface area contributed by atoms with E-state index in [1.54, 1.807) is 26.8 Å². The minimum atomic E-state index is -0.728. The van der Waals surface area contributed by atoms with Gasteiger partial charge >= 0.3 is 6.09 Å². The Hall–Kier alpha value is -2.89. The minimum absolute atomic E-state index is 0.103. The maximum absolute atomic E-state index is 11.9. The molecule has 0 saturated heterocycles. The van der Waals surface area contributed by atoms with Gasteiger partial charge in [0.1, 0.15) is 11.3 Å². The molecule has 0 aliphatic heterocycles. The molecular formula is C18H20N2O4. The van der Waals surface area contributed by atoms with Crippen LogP contribution in [0.3, 0.4) is 0 Å². The minimum Gasteiger partial charge on any atom is -0.444 e. The number of nitro benzene ring substituents is 1. The summed E-state index contributed by atoms with van der Waals surface area (Å²) in [6.07, 6.45) is -0.728. The summed E-state index contributed by atoms with van der Waals surface area (Å²) in [5.74, 6) is 0. The number of nitrogens with one attached hydrogen (secondary N) is 1. The zero-order valence-electron chi connectivity index (χ0n) is 14.1. The molecule has 0 unspecified atom stereocenters. The van der Waals surface area contributed by atoms with Crippen molar-refractivity contribution >= 4 is 17.5 Å². The number of carbonyl (C=O) groups excluding carboxylic acids is 1. The average Bonchev–Trinajstić information content (AvgIpc) is 2.46. The molecule has 24 heavy (non-hydrogen) atoms. The number of aryl methyl sites for hydroxylation is 1.